The summed E-state index contributed by atoms with van der Waals surface area (Å²) in [6.45, 7) is 1.55. The number of hydrogen-bond acceptors (Lipinski definition) is 5. The van der Waals surface area contributed by atoms with Crippen LogP contribution in [0.2, 0.25) is 0 Å². The van der Waals surface area contributed by atoms with E-state index in [2.05, 4.69) is 19.7 Å². The first kappa shape index (κ1) is 15.6. The fourth-order valence-electron chi connectivity index (χ4n) is 2.94. The van der Waals surface area contributed by atoms with Crippen LogP contribution in [0, 0.1) is 5.82 Å². The number of carbonyl (C=O) groups excluding carboxylic acids is 1. The zero-order valence-electron chi connectivity index (χ0n) is 13.0. The van der Waals surface area contributed by atoms with Gasteiger partial charge in [-0.15, -0.1) is 5.10 Å². The van der Waals surface area contributed by atoms with Gasteiger partial charge in [-0.1, -0.05) is 12.1 Å². The lowest BCUT2D eigenvalue weighted by molar-refractivity contribution is 0.0585. The Hall–Kier alpha value is -2.28. The second-order valence-electron chi connectivity index (χ2n) is 5.68. The zero-order valence-corrected chi connectivity index (χ0v) is 13.0. The molecule has 0 spiro atoms. The van der Waals surface area contributed by atoms with Gasteiger partial charge in [-0.2, -0.15) is 0 Å². The van der Waals surface area contributed by atoms with E-state index in [0.717, 1.165) is 31.4 Å². The molecule has 1 aliphatic heterocycles. The van der Waals surface area contributed by atoms with Crippen LogP contribution >= 0.6 is 0 Å². The summed E-state index contributed by atoms with van der Waals surface area (Å²) in [5, 5.41) is 4.14. The van der Waals surface area contributed by atoms with Crippen LogP contribution < -0.4 is 0 Å². The van der Waals surface area contributed by atoms with Crippen molar-refractivity contribution >= 4 is 5.97 Å². The van der Waals surface area contributed by atoms with Gasteiger partial charge < -0.3 is 4.74 Å². The minimum absolute atomic E-state index is 0.0711. The van der Waals surface area contributed by atoms with Crippen LogP contribution in [0.4, 0.5) is 4.39 Å². The van der Waals surface area contributed by atoms with Gasteiger partial charge in [0.2, 0.25) is 0 Å². The Morgan fingerprint density at radius 3 is 2.91 bits per heavy atom. The van der Waals surface area contributed by atoms with Crippen molar-refractivity contribution in [2.75, 3.05) is 13.7 Å². The summed E-state index contributed by atoms with van der Waals surface area (Å²) in [4.78, 5) is 17.7. The summed E-state index contributed by atoms with van der Waals surface area (Å²) < 4.78 is 19.3. The van der Waals surface area contributed by atoms with Crippen molar-refractivity contribution in [1.82, 2.24) is 19.7 Å². The van der Waals surface area contributed by atoms with Crippen LogP contribution in [-0.2, 0) is 17.8 Å². The first-order chi connectivity index (χ1) is 11.2. The predicted octanol–water partition coefficient (Wildman–Crippen LogP) is 1.87. The molecule has 0 unspecified atom stereocenters. The second-order valence-corrected chi connectivity index (χ2v) is 5.68. The SMILES string of the molecule is COC(=O)c1ncn(CN2CCC[C@@H]2Cc2ccc(F)cc2)n1. The van der Waals surface area contributed by atoms with E-state index in [-0.39, 0.29) is 11.6 Å². The smallest absolute Gasteiger partial charge is 0.377 e. The first-order valence-electron chi connectivity index (χ1n) is 7.62. The molecule has 1 aliphatic rings. The molecule has 0 aliphatic carbocycles. The highest BCUT2D eigenvalue weighted by molar-refractivity contribution is 5.84. The number of rotatable bonds is 5. The van der Waals surface area contributed by atoms with Crippen LogP contribution in [0.3, 0.4) is 0 Å². The van der Waals surface area contributed by atoms with Crippen LogP contribution in [0.1, 0.15) is 29.0 Å². The molecule has 2 heterocycles. The van der Waals surface area contributed by atoms with Crippen molar-refractivity contribution in [2.24, 2.45) is 0 Å². The van der Waals surface area contributed by atoms with E-state index in [9.17, 15) is 9.18 Å². The Morgan fingerprint density at radius 1 is 1.39 bits per heavy atom. The van der Waals surface area contributed by atoms with Gasteiger partial charge in [0.15, 0.2) is 0 Å². The third-order valence-corrected chi connectivity index (χ3v) is 4.11. The van der Waals surface area contributed by atoms with Gasteiger partial charge >= 0.3 is 5.97 Å². The van der Waals surface area contributed by atoms with E-state index in [1.807, 2.05) is 12.1 Å². The Bertz CT molecular complexity index is 671. The van der Waals surface area contributed by atoms with Crippen molar-refractivity contribution in [3.8, 4) is 0 Å². The molecule has 1 aromatic carbocycles. The normalized spacial score (nSPS) is 18.3. The van der Waals surface area contributed by atoms with Crippen molar-refractivity contribution in [2.45, 2.75) is 32.0 Å². The largest absolute Gasteiger partial charge is 0.463 e. The maximum atomic E-state index is 13.0. The monoisotopic (exact) mass is 318 g/mol. The van der Waals surface area contributed by atoms with E-state index in [0.29, 0.717) is 12.7 Å². The number of benzene rings is 1. The lowest BCUT2D eigenvalue weighted by Crippen LogP contribution is -2.33. The highest BCUT2D eigenvalue weighted by Gasteiger charge is 2.25. The molecule has 1 fully saturated rings. The molecule has 0 amide bonds. The quantitative estimate of drug-likeness (QED) is 0.788. The summed E-state index contributed by atoms with van der Waals surface area (Å²) in [5.74, 6) is -0.676. The molecule has 1 aromatic heterocycles. The number of carbonyl (C=O) groups is 1. The molecule has 0 saturated carbocycles. The average molecular weight is 318 g/mol. The molecule has 0 bridgehead atoms. The number of aromatic nitrogens is 3. The Morgan fingerprint density at radius 2 is 2.17 bits per heavy atom. The summed E-state index contributed by atoms with van der Waals surface area (Å²) in [7, 11) is 1.31. The van der Waals surface area contributed by atoms with Crippen LogP contribution in [0.15, 0.2) is 30.6 Å². The Balaban J connectivity index is 1.63. The third kappa shape index (κ3) is 3.73. The summed E-state index contributed by atoms with van der Waals surface area (Å²) >= 11 is 0. The fraction of sp³-hybridized carbons (Fsp3) is 0.438. The van der Waals surface area contributed by atoms with Crippen LogP contribution in [0.5, 0.6) is 0 Å². The van der Waals surface area contributed by atoms with Crippen molar-refractivity contribution in [1.29, 1.82) is 0 Å². The van der Waals surface area contributed by atoms with Crippen molar-refractivity contribution < 1.29 is 13.9 Å². The van der Waals surface area contributed by atoms with Gasteiger partial charge in [-0.3, -0.25) is 4.90 Å². The number of esters is 1. The van der Waals surface area contributed by atoms with E-state index in [4.69, 9.17) is 0 Å². The van der Waals surface area contributed by atoms with Crippen LogP contribution in [0.25, 0.3) is 0 Å². The van der Waals surface area contributed by atoms with E-state index >= 15 is 0 Å². The molecule has 1 saturated heterocycles. The molecule has 0 radical (unpaired) electrons. The summed E-state index contributed by atoms with van der Waals surface area (Å²) in [6, 6.07) is 7.03. The maximum Gasteiger partial charge on any atom is 0.377 e. The van der Waals surface area contributed by atoms with Crippen molar-refractivity contribution in [3.63, 3.8) is 0 Å². The lowest BCUT2D eigenvalue weighted by atomic mass is 10.0. The molecular weight excluding hydrogens is 299 g/mol. The predicted molar refractivity (Wildman–Crippen MR) is 81.2 cm³/mol. The van der Waals surface area contributed by atoms with Crippen LogP contribution in [-0.4, -0.2) is 45.3 Å². The number of ether oxygens (including phenoxy) is 1. The molecule has 23 heavy (non-hydrogen) atoms. The number of likely N-dealkylation sites (tertiary alicyclic amines) is 1. The molecule has 122 valence electrons. The average Bonchev–Trinajstić information content (AvgIpc) is 3.19. The fourth-order valence-corrected chi connectivity index (χ4v) is 2.94. The topological polar surface area (TPSA) is 60.2 Å². The standard InChI is InChI=1S/C16H19FN4O2/c1-23-16(22)15-18-10-21(19-15)11-20-8-2-3-14(20)9-12-4-6-13(17)7-5-12/h4-7,10,14H,2-3,8-9,11H2,1H3/t14-/m1/s1. The Kier molecular flexibility index (Phi) is 4.66. The van der Waals surface area contributed by atoms with Gasteiger partial charge in [0.05, 0.1) is 13.8 Å². The highest BCUT2D eigenvalue weighted by atomic mass is 19.1. The lowest BCUT2D eigenvalue weighted by Gasteiger charge is -2.24. The maximum absolute atomic E-state index is 13.0. The number of halogens is 1. The second kappa shape index (κ2) is 6.87. The molecule has 1 atom stereocenters. The highest BCUT2D eigenvalue weighted by Crippen LogP contribution is 2.21. The number of hydrogen-bond donors (Lipinski definition) is 0. The number of nitrogens with zero attached hydrogens (tertiary/aromatic N) is 4. The van der Waals surface area contributed by atoms with Gasteiger partial charge in [0.1, 0.15) is 12.1 Å². The van der Waals surface area contributed by atoms with Gasteiger partial charge in [-0.25, -0.2) is 18.9 Å². The van der Waals surface area contributed by atoms with E-state index < -0.39 is 5.97 Å². The summed E-state index contributed by atoms with van der Waals surface area (Å²) in [5.41, 5.74) is 1.12. The third-order valence-electron chi connectivity index (χ3n) is 4.11. The van der Waals surface area contributed by atoms with E-state index in [1.165, 1.54) is 19.2 Å². The van der Waals surface area contributed by atoms with Gasteiger partial charge in [0, 0.05) is 12.6 Å². The zero-order chi connectivity index (χ0) is 16.2. The molecule has 3 rings (SSSR count). The number of methoxy groups -OCH3 is 1. The Labute approximate surface area is 133 Å². The molecule has 6 nitrogen and oxygen atoms in total. The minimum Gasteiger partial charge on any atom is -0.463 e. The van der Waals surface area contributed by atoms with Crippen molar-refractivity contribution in [3.05, 3.63) is 47.8 Å². The summed E-state index contributed by atoms with van der Waals surface area (Å²) in [6.07, 6.45) is 4.62. The minimum atomic E-state index is -0.534. The van der Waals surface area contributed by atoms with E-state index in [1.54, 1.807) is 11.0 Å². The molecular formula is C16H19FN4O2. The van der Waals surface area contributed by atoms with Gasteiger partial charge in [0.25, 0.3) is 5.82 Å². The molecule has 2 aromatic rings. The first-order valence-corrected chi connectivity index (χ1v) is 7.62. The molecule has 7 heteroatoms. The molecule has 0 N–H and O–H groups in total. The van der Waals surface area contributed by atoms with Gasteiger partial charge in [-0.05, 0) is 37.0 Å².